The van der Waals surface area contributed by atoms with Crippen molar-refractivity contribution in [2.45, 2.75) is 30.1 Å². The third kappa shape index (κ3) is 3.61. The van der Waals surface area contributed by atoms with E-state index < -0.39 is 11.0 Å². The highest BCUT2D eigenvalue weighted by Gasteiger charge is 2.17. The molecule has 1 N–H and O–H groups in total. The minimum absolute atomic E-state index is 0.0150. The Morgan fingerprint density at radius 1 is 1.47 bits per heavy atom. The van der Waals surface area contributed by atoms with Gasteiger partial charge < -0.3 is 9.84 Å². The number of nitrogens with zero attached hydrogens (tertiary/aromatic N) is 1. The molecule has 0 saturated carbocycles. The molecule has 0 saturated heterocycles. The second kappa shape index (κ2) is 5.88. The predicted octanol–water partition coefficient (Wildman–Crippen LogP) is 2.46. The summed E-state index contributed by atoms with van der Waals surface area (Å²) in [6.07, 6.45) is -0.443. The van der Waals surface area contributed by atoms with Gasteiger partial charge in [-0.15, -0.1) is 11.8 Å². The Morgan fingerprint density at radius 2 is 2.12 bits per heavy atom. The third-order valence-electron chi connectivity index (χ3n) is 2.35. The summed E-state index contributed by atoms with van der Waals surface area (Å²) >= 11 is 1.45. The van der Waals surface area contributed by atoms with Crippen LogP contribution in [0.3, 0.4) is 0 Å². The van der Waals surface area contributed by atoms with E-state index in [2.05, 4.69) is 0 Å². The van der Waals surface area contributed by atoms with E-state index >= 15 is 0 Å². The third-order valence-corrected chi connectivity index (χ3v) is 3.64. The van der Waals surface area contributed by atoms with Gasteiger partial charge in [0.05, 0.1) is 18.1 Å². The number of ether oxygens (including phenoxy) is 1. The number of nitro groups is 1. The monoisotopic (exact) mass is 257 g/mol. The van der Waals surface area contributed by atoms with Gasteiger partial charge in [0.25, 0.3) is 0 Å². The van der Waals surface area contributed by atoms with Crippen LogP contribution in [0.25, 0.3) is 0 Å². The molecule has 94 valence electrons. The van der Waals surface area contributed by atoms with Crippen molar-refractivity contribution in [2.24, 2.45) is 0 Å². The highest BCUT2D eigenvalue weighted by atomic mass is 32.2. The first-order chi connectivity index (χ1) is 7.95. The van der Waals surface area contributed by atoms with Gasteiger partial charge in [-0.2, -0.15) is 0 Å². The van der Waals surface area contributed by atoms with Gasteiger partial charge in [0.2, 0.25) is 0 Å². The highest BCUT2D eigenvalue weighted by Crippen LogP contribution is 2.33. The highest BCUT2D eigenvalue weighted by molar-refractivity contribution is 8.00. The van der Waals surface area contributed by atoms with E-state index in [0.717, 1.165) is 4.90 Å². The molecule has 0 bridgehead atoms. The van der Waals surface area contributed by atoms with E-state index in [9.17, 15) is 15.2 Å². The van der Waals surface area contributed by atoms with Gasteiger partial charge in [0.1, 0.15) is 0 Å². The number of hydrogen-bond acceptors (Lipinski definition) is 5. The van der Waals surface area contributed by atoms with E-state index in [0.29, 0.717) is 0 Å². The van der Waals surface area contributed by atoms with Gasteiger partial charge in [0.15, 0.2) is 5.75 Å². The molecule has 17 heavy (non-hydrogen) atoms. The van der Waals surface area contributed by atoms with Crippen molar-refractivity contribution < 1.29 is 14.8 Å². The first-order valence-electron chi connectivity index (χ1n) is 5.13. The average molecular weight is 257 g/mol. The van der Waals surface area contributed by atoms with Crippen LogP contribution in [-0.2, 0) is 0 Å². The Kier molecular flexibility index (Phi) is 4.77. The number of benzene rings is 1. The predicted molar refractivity (Wildman–Crippen MR) is 66.6 cm³/mol. The summed E-state index contributed by atoms with van der Waals surface area (Å²) in [6.45, 7) is 3.60. The summed E-state index contributed by atoms with van der Waals surface area (Å²) in [4.78, 5) is 11.1. The summed E-state index contributed by atoms with van der Waals surface area (Å²) in [5, 5.41) is 20.1. The molecule has 6 heteroatoms. The van der Waals surface area contributed by atoms with Crippen LogP contribution < -0.4 is 4.74 Å². The normalized spacial score (nSPS) is 14.1. The van der Waals surface area contributed by atoms with Crippen LogP contribution >= 0.6 is 11.8 Å². The van der Waals surface area contributed by atoms with E-state index in [4.69, 9.17) is 4.74 Å². The quantitative estimate of drug-likeness (QED) is 0.498. The number of thioether (sulfide) groups is 1. The Morgan fingerprint density at radius 3 is 2.59 bits per heavy atom. The fourth-order valence-electron chi connectivity index (χ4n) is 1.20. The molecule has 0 heterocycles. The van der Waals surface area contributed by atoms with Crippen molar-refractivity contribution in [3.05, 3.63) is 28.3 Å². The Balaban J connectivity index is 2.94. The largest absolute Gasteiger partial charge is 0.490 e. The maximum atomic E-state index is 10.7. The number of aliphatic hydroxyl groups is 1. The summed E-state index contributed by atoms with van der Waals surface area (Å²) in [7, 11) is 1.40. The number of nitro benzene ring substituents is 1. The van der Waals surface area contributed by atoms with Crippen LogP contribution in [0.5, 0.6) is 5.75 Å². The molecule has 0 fully saturated rings. The van der Waals surface area contributed by atoms with Crippen LogP contribution in [0.1, 0.15) is 13.8 Å². The molecule has 0 radical (unpaired) electrons. The molecular formula is C11H15NO4S. The smallest absolute Gasteiger partial charge is 0.310 e. The zero-order chi connectivity index (χ0) is 13.0. The summed E-state index contributed by atoms with van der Waals surface area (Å²) in [5.74, 6) is 0.234. The molecule has 1 aromatic rings. The molecule has 2 atom stereocenters. The van der Waals surface area contributed by atoms with Crippen molar-refractivity contribution in [1.82, 2.24) is 0 Å². The lowest BCUT2D eigenvalue weighted by molar-refractivity contribution is -0.385. The van der Waals surface area contributed by atoms with Crippen molar-refractivity contribution in [3.8, 4) is 5.75 Å². The van der Waals surface area contributed by atoms with Crippen LogP contribution in [0, 0.1) is 10.1 Å². The van der Waals surface area contributed by atoms with Crippen LogP contribution in [-0.4, -0.2) is 28.5 Å². The molecule has 2 unspecified atom stereocenters. The lowest BCUT2D eigenvalue weighted by Crippen LogP contribution is -2.14. The maximum Gasteiger partial charge on any atom is 0.310 e. The summed E-state index contributed by atoms with van der Waals surface area (Å²) in [6, 6.07) is 4.68. The van der Waals surface area contributed by atoms with Crippen LogP contribution in [0.2, 0.25) is 0 Å². The second-order valence-corrected chi connectivity index (χ2v) is 5.11. The first kappa shape index (κ1) is 13.8. The minimum Gasteiger partial charge on any atom is -0.490 e. The zero-order valence-electron chi connectivity index (χ0n) is 9.91. The molecule has 0 aliphatic rings. The van der Waals surface area contributed by atoms with E-state index in [1.165, 1.54) is 24.9 Å². The molecule has 0 spiro atoms. The molecule has 5 nitrogen and oxygen atoms in total. The standard InChI is InChI=1S/C11H15NO4S/c1-7(13)8(2)17-9-4-5-10(12(14)15)11(6-9)16-3/h4-8,13H,1-3H3. The van der Waals surface area contributed by atoms with Gasteiger partial charge in [-0.3, -0.25) is 10.1 Å². The van der Waals surface area contributed by atoms with Crippen LogP contribution in [0.15, 0.2) is 23.1 Å². The molecule has 0 aromatic heterocycles. The number of rotatable bonds is 5. The fourth-order valence-corrected chi connectivity index (χ4v) is 2.14. The summed E-state index contributed by atoms with van der Waals surface area (Å²) in [5.41, 5.74) is -0.0541. The van der Waals surface area contributed by atoms with Crippen molar-refractivity contribution in [3.63, 3.8) is 0 Å². The van der Waals surface area contributed by atoms with Gasteiger partial charge in [-0.25, -0.2) is 0 Å². The van der Waals surface area contributed by atoms with Gasteiger partial charge >= 0.3 is 5.69 Å². The van der Waals surface area contributed by atoms with Crippen molar-refractivity contribution in [1.29, 1.82) is 0 Å². The molecule has 1 aromatic carbocycles. The molecule has 0 amide bonds. The number of methoxy groups -OCH3 is 1. The van der Waals surface area contributed by atoms with Crippen LogP contribution in [0.4, 0.5) is 5.69 Å². The molecule has 0 aliphatic carbocycles. The van der Waals surface area contributed by atoms with E-state index in [-0.39, 0.29) is 16.7 Å². The lowest BCUT2D eigenvalue weighted by Gasteiger charge is -2.14. The van der Waals surface area contributed by atoms with Gasteiger partial charge in [-0.1, -0.05) is 6.92 Å². The topological polar surface area (TPSA) is 72.6 Å². The fraction of sp³-hybridized carbons (Fsp3) is 0.455. The first-order valence-corrected chi connectivity index (χ1v) is 6.00. The maximum absolute atomic E-state index is 10.7. The number of hydrogen-bond donors (Lipinski definition) is 1. The van der Waals surface area contributed by atoms with E-state index in [1.807, 2.05) is 6.92 Å². The SMILES string of the molecule is COc1cc(SC(C)C(C)O)ccc1[N+](=O)[O-]. The lowest BCUT2D eigenvalue weighted by atomic mass is 10.3. The van der Waals surface area contributed by atoms with Gasteiger partial charge in [0, 0.05) is 22.3 Å². The minimum atomic E-state index is -0.481. The Labute approximate surface area is 104 Å². The summed E-state index contributed by atoms with van der Waals surface area (Å²) < 4.78 is 4.97. The second-order valence-electron chi connectivity index (χ2n) is 3.65. The van der Waals surface area contributed by atoms with Crippen molar-refractivity contribution >= 4 is 17.4 Å². The molecule has 0 aliphatic heterocycles. The van der Waals surface area contributed by atoms with Gasteiger partial charge in [-0.05, 0) is 13.0 Å². The molecule has 1 rings (SSSR count). The molecular weight excluding hydrogens is 242 g/mol. The average Bonchev–Trinajstić information content (AvgIpc) is 2.28. The zero-order valence-corrected chi connectivity index (χ0v) is 10.7. The Bertz CT molecular complexity index is 408. The number of aliphatic hydroxyl groups excluding tert-OH is 1. The van der Waals surface area contributed by atoms with E-state index in [1.54, 1.807) is 19.1 Å². The van der Waals surface area contributed by atoms with Crippen molar-refractivity contribution in [2.75, 3.05) is 7.11 Å². The Hall–Kier alpha value is -1.27.